The molecule has 0 fully saturated rings. The molecule has 0 aliphatic heterocycles. The van der Waals surface area contributed by atoms with Crippen LogP contribution in [0.15, 0.2) is 72.9 Å². The minimum Gasteiger partial charge on any atom is -0.464 e. The molecule has 0 saturated carbocycles. The molecule has 3 heterocycles. The molecule has 1 amide bonds. The third-order valence-electron chi connectivity index (χ3n) is 5.40. The van der Waals surface area contributed by atoms with Crippen molar-refractivity contribution in [2.45, 2.75) is 25.9 Å². The number of ether oxygens (including phenoxy) is 1. The van der Waals surface area contributed by atoms with Crippen molar-refractivity contribution in [2.75, 3.05) is 7.11 Å². The number of benzene rings is 1. The minimum atomic E-state index is -0.555. The van der Waals surface area contributed by atoms with E-state index in [0.29, 0.717) is 12.1 Å². The number of amides is 1. The van der Waals surface area contributed by atoms with Crippen molar-refractivity contribution in [3.05, 3.63) is 101 Å². The van der Waals surface area contributed by atoms with Crippen molar-refractivity contribution < 1.29 is 18.7 Å². The molecular formula is C25H23FN4O3. The Bertz CT molecular complexity index is 1250. The number of esters is 1. The highest BCUT2D eigenvalue weighted by molar-refractivity contribution is 5.94. The molecule has 1 atom stereocenters. The van der Waals surface area contributed by atoms with Crippen LogP contribution in [-0.4, -0.2) is 38.5 Å². The van der Waals surface area contributed by atoms with Crippen molar-refractivity contribution >= 4 is 17.4 Å². The van der Waals surface area contributed by atoms with Crippen LogP contribution in [-0.2, 0) is 11.3 Å². The summed E-state index contributed by atoms with van der Waals surface area (Å²) in [6, 6.07) is 18.0. The second kappa shape index (κ2) is 9.60. The zero-order valence-electron chi connectivity index (χ0n) is 18.3. The molecular weight excluding hydrogens is 423 g/mol. The lowest BCUT2D eigenvalue weighted by molar-refractivity contribution is 0.0593. The normalized spacial score (nSPS) is 11.8. The lowest BCUT2D eigenvalue weighted by Gasteiger charge is -2.31. The highest BCUT2D eigenvalue weighted by Gasteiger charge is 2.28. The molecule has 4 rings (SSSR count). The standard InChI is InChI=1S/C25H23FN4O3/c1-3-23(17-10-12-18(26)13-11-17)29(16-19-7-6-9-21(27-19)25(32)33-2)24(31)22-15-20-8-4-5-14-30(20)28-22/h4-15,23H,3,16H2,1-2H3/t23-/m1/s1. The summed E-state index contributed by atoms with van der Waals surface area (Å²) in [4.78, 5) is 31.7. The fourth-order valence-corrected chi connectivity index (χ4v) is 3.79. The number of hydrogen-bond acceptors (Lipinski definition) is 5. The number of pyridine rings is 2. The van der Waals surface area contributed by atoms with E-state index in [1.807, 2.05) is 25.1 Å². The second-order valence-electron chi connectivity index (χ2n) is 7.51. The maximum atomic E-state index is 13.7. The molecule has 3 aromatic heterocycles. The van der Waals surface area contributed by atoms with Crippen molar-refractivity contribution in [3.63, 3.8) is 0 Å². The van der Waals surface area contributed by atoms with Gasteiger partial charge >= 0.3 is 5.97 Å². The van der Waals surface area contributed by atoms with Crippen molar-refractivity contribution in [1.82, 2.24) is 19.5 Å². The molecule has 1 aromatic carbocycles. The van der Waals surface area contributed by atoms with Gasteiger partial charge in [-0.25, -0.2) is 18.7 Å². The zero-order chi connectivity index (χ0) is 23.4. The molecule has 0 saturated heterocycles. The van der Waals surface area contributed by atoms with Gasteiger partial charge in [0, 0.05) is 6.20 Å². The highest BCUT2D eigenvalue weighted by atomic mass is 19.1. The highest BCUT2D eigenvalue weighted by Crippen LogP contribution is 2.28. The first-order valence-electron chi connectivity index (χ1n) is 10.5. The van der Waals surface area contributed by atoms with E-state index in [0.717, 1.165) is 11.1 Å². The molecule has 0 radical (unpaired) electrons. The van der Waals surface area contributed by atoms with Crippen molar-refractivity contribution in [2.24, 2.45) is 0 Å². The summed E-state index contributed by atoms with van der Waals surface area (Å²) in [5.74, 6) is -1.19. The van der Waals surface area contributed by atoms with Crippen LogP contribution in [0.4, 0.5) is 4.39 Å². The van der Waals surface area contributed by atoms with Crippen molar-refractivity contribution in [1.29, 1.82) is 0 Å². The predicted octanol–water partition coefficient (Wildman–Crippen LogP) is 4.45. The number of nitrogens with zero attached hydrogens (tertiary/aromatic N) is 4. The van der Waals surface area contributed by atoms with E-state index in [9.17, 15) is 14.0 Å². The second-order valence-corrected chi connectivity index (χ2v) is 7.51. The van der Waals surface area contributed by atoms with Crippen LogP contribution in [0.5, 0.6) is 0 Å². The Morgan fingerprint density at radius 2 is 1.85 bits per heavy atom. The van der Waals surface area contributed by atoms with Gasteiger partial charge in [-0.15, -0.1) is 0 Å². The van der Waals surface area contributed by atoms with E-state index in [-0.39, 0.29) is 35.7 Å². The fourth-order valence-electron chi connectivity index (χ4n) is 3.79. The van der Waals surface area contributed by atoms with E-state index in [1.165, 1.54) is 19.2 Å². The van der Waals surface area contributed by atoms with Gasteiger partial charge in [-0.1, -0.05) is 31.2 Å². The number of carbonyl (C=O) groups is 2. The van der Waals surface area contributed by atoms with Gasteiger partial charge in [0.2, 0.25) is 0 Å². The average Bonchev–Trinajstić information content (AvgIpc) is 3.28. The van der Waals surface area contributed by atoms with Gasteiger partial charge in [0.15, 0.2) is 5.69 Å². The van der Waals surface area contributed by atoms with E-state index >= 15 is 0 Å². The Labute approximate surface area is 190 Å². The summed E-state index contributed by atoms with van der Waals surface area (Å²) in [6.07, 6.45) is 2.36. The first-order chi connectivity index (χ1) is 16.0. The van der Waals surface area contributed by atoms with E-state index in [2.05, 4.69) is 10.1 Å². The fraction of sp³-hybridized carbons (Fsp3) is 0.200. The number of carbonyl (C=O) groups excluding carboxylic acids is 2. The Morgan fingerprint density at radius 3 is 2.55 bits per heavy atom. The minimum absolute atomic E-state index is 0.132. The zero-order valence-corrected chi connectivity index (χ0v) is 18.3. The molecule has 33 heavy (non-hydrogen) atoms. The molecule has 8 heteroatoms. The van der Waals surface area contributed by atoms with Crippen LogP contribution < -0.4 is 0 Å². The number of hydrogen-bond donors (Lipinski definition) is 0. The largest absolute Gasteiger partial charge is 0.464 e. The van der Waals surface area contributed by atoms with Crippen LogP contribution >= 0.6 is 0 Å². The number of rotatable bonds is 7. The van der Waals surface area contributed by atoms with E-state index in [1.54, 1.807) is 52.0 Å². The lowest BCUT2D eigenvalue weighted by atomic mass is 10.0. The molecule has 0 spiro atoms. The summed E-state index contributed by atoms with van der Waals surface area (Å²) < 4.78 is 20.0. The predicted molar refractivity (Wildman–Crippen MR) is 120 cm³/mol. The van der Waals surface area contributed by atoms with Gasteiger partial charge in [0.25, 0.3) is 5.91 Å². The maximum Gasteiger partial charge on any atom is 0.356 e. The number of fused-ring (bicyclic) bond motifs is 1. The molecule has 0 bridgehead atoms. The lowest BCUT2D eigenvalue weighted by Crippen LogP contribution is -2.35. The number of methoxy groups -OCH3 is 1. The summed E-state index contributed by atoms with van der Waals surface area (Å²) in [5, 5.41) is 4.43. The molecule has 0 unspecified atom stereocenters. The van der Waals surface area contributed by atoms with Gasteiger partial charge in [-0.2, -0.15) is 5.10 Å². The monoisotopic (exact) mass is 446 g/mol. The van der Waals surface area contributed by atoms with Crippen molar-refractivity contribution in [3.8, 4) is 0 Å². The third kappa shape index (κ3) is 4.74. The summed E-state index contributed by atoms with van der Waals surface area (Å²) >= 11 is 0. The first-order valence-corrected chi connectivity index (χ1v) is 10.5. The van der Waals surface area contributed by atoms with Gasteiger partial charge < -0.3 is 9.64 Å². The van der Waals surface area contributed by atoms with Gasteiger partial charge in [0.05, 0.1) is 30.9 Å². The first kappa shape index (κ1) is 22.1. The van der Waals surface area contributed by atoms with Gasteiger partial charge in [0.1, 0.15) is 11.5 Å². The topological polar surface area (TPSA) is 76.8 Å². The molecule has 168 valence electrons. The van der Waals surface area contributed by atoms with E-state index in [4.69, 9.17) is 4.74 Å². The van der Waals surface area contributed by atoms with Crippen LogP contribution in [0.3, 0.4) is 0 Å². The van der Waals surface area contributed by atoms with Gasteiger partial charge in [-0.05, 0) is 54.4 Å². The van der Waals surface area contributed by atoms with Crippen LogP contribution in [0.2, 0.25) is 0 Å². The molecule has 0 N–H and O–H groups in total. The SMILES string of the molecule is CC[C@H](c1ccc(F)cc1)N(Cc1cccc(C(=O)OC)n1)C(=O)c1cc2ccccn2n1. The number of aromatic nitrogens is 3. The van der Waals surface area contributed by atoms with Crippen LogP contribution in [0.25, 0.3) is 5.52 Å². The third-order valence-corrected chi connectivity index (χ3v) is 5.40. The summed E-state index contributed by atoms with van der Waals surface area (Å²) in [6.45, 7) is 2.09. The maximum absolute atomic E-state index is 13.7. The summed E-state index contributed by atoms with van der Waals surface area (Å²) in [7, 11) is 1.29. The summed E-state index contributed by atoms with van der Waals surface area (Å²) in [5.41, 5.74) is 2.55. The van der Waals surface area contributed by atoms with Gasteiger partial charge in [-0.3, -0.25) is 4.79 Å². The molecule has 7 nitrogen and oxygen atoms in total. The Kier molecular flexibility index (Phi) is 6.44. The van der Waals surface area contributed by atoms with Crippen LogP contribution in [0, 0.1) is 5.82 Å². The average molecular weight is 446 g/mol. The smallest absolute Gasteiger partial charge is 0.356 e. The van der Waals surface area contributed by atoms with E-state index < -0.39 is 5.97 Å². The Hall–Kier alpha value is -4.07. The Morgan fingerprint density at radius 1 is 1.06 bits per heavy atom. The molecule has 4 aromatic rings. The van der Waals surface area contributed by atoms with Crippen LogP contribution in [0.1, 0.15) is 51.6 Å². The quantitative estimate of drug-likeness (QED) is 0.392. The molecule has 0 aliphatic carbocycles. The molecule has 0 aliphatic rings. The Balaban J connectivity index is 1.74. The number of halogens is 1.